The van der Waals surface area contributed by atoms with Gasteiger partial charge in [-0.25, -0.2) is 9.67 Å². The number of aromatic nitrogens is 3. The molecule has 2 aromatic heterocycles. The number of likely N-dealkylation sites (tertiary alicyclic amines) is 1. The highest BCUT2D eigenvalue weighted by molar-refractivity contribution is 5.98. The summed E-state index contributed by atoms with van der Waals surface area (Å²) < 4.78 is 1.89. The van der Waals surface area contributed by atoms with E-state index >= 15 is 0 Å². The Labute approximate surface area is 156 Å². The van der Waals surface area contributed by atoms with Crippen LogP contribution >= 0.6 is 0 Å². The number of piperidine rings is 1. The van der Waals surface area contributed by atoms with E-state index in [1.807, 2.05) is 17.7 Å². The van der Waals surface area contributed by atoms with Crippen molar-refractivity contribution in [1.29, 1.82) is 0 Å². The van der Waals surface area contributed by atoms with Crippen molar-refractivity contribution in [2.75, 3.05) is 19.6 Å². The first-order valence-electron chi connectivity index (χ1n) is 9.84. The summed E-state index contributed by atoms with van der Waals surface area (Å²) in [5.41, 5.74) is 2.24. The molecule has 1 aliphatic heterocycles. The third-order valence-corrected chi connectivity index (χ3v) is 5.34. The number of pyridine rings is 1. The van der Waals surface area contributed by atoms with Gasteiger partial charge >= 0.3 is 0 Å². The second-order valence-corrected chi connectivity index (χ2v) is 7.71. The molecule has 3 heterocycles. The van der Waals surface area contributed by atoms with E-state index < -0.39 is 0 Å². The first-order chi connectivity index (χ1) is 12.5. The van der Waals surface area contributed by atoms with Crippen LogP contribution in [0.4, 0.5) is 0 Å². The highest BCUT2D eigenvalue weighted by Crippen LogP contribution is 2.19. The number of nitrogens with zero attached hydrogens (tertiary/aromatic N) is 4. The number of amides is 1. The van der Waals surface area contributed by atoms with E-state index in [0.717, 1.165) is 29.7 Å². The fourth-order valence-electron chi connectivity index (χ4n) is 3.74. The second-order valence-electron chi connectivity index (χ2n) is 7.71. The van der Waals surface area contributed by atoms with Gasteiger partial charge in [-0.1, -0.05) is 6.42 Å². The van der Waals surface area contributed by atoms with Crippen molar-refractivity contribution in [3.05, 3.63) is 23.5 Å². The molecule has 26 heavy (non-hydrogen) atoms. The first-order valence-corrected chi connectivity index (χ1v) is 9.84. The van der Waals surface area contributed by atoms with Gasteiger partial charge in [-0.3, -0.25) is 4.79 Å². The molecule has 1 amide bonds. The van der Waals surface area contributed by atoms with E-state index in [1.54, 1.807) is 6.20 Å². The minimum atomic E-state index is -0.0408. The van der Waals surface area contributed by atoms with Crippen molar-refractivity contribution >= 4 is 16.9 Å². The average Bonchev–Trinajstić information content (AvgIpc) is 3.02. The molecule has 1 fully saturated rings. The molecule has 1 atom stereocenters. The summed E-state index contributed by atoms with van der Waals surface area (Å²) in [7, 11) is 0. The lowest BCUT2D eigenvalue weighted by Crippen LogP contribution is -2.39. The van der Waals surface area contributed by atoms with E-state index in [9.17, 15) is 4.79 Å². The molecule has 0 aliphatic carbocycles. The number of rotatable bonds is 6. The molecule has 6 heteroatoms. The van der Waals surface area contributed by atoms with Crippen LogP contribution < -0.4 is 5.32 Å². The van der Waals surface area contributed by atoms with Crippen LogP contribution in [0.1, 0.15) is 68.5 Å². The third-order valence-electron chi connectivity index (χ3n) is 5.34. The van der Waals surface area contributed by atoms with Crippen LogP contribution in [0.15, 0.2) is 12.3 Å². The SMILES string of the molecule is Cc1nc2c(cnn2C(C)C)cc1C(=O)NCCCN1CCCCC1C. The fourth-order valence-corrected chi connectivity index (χ4v) is 3.74. The molecule has 0 aromatic carbocycles. The summed E-state index contributed by atoms with van der Waals surface area (Å²) >= 11 is 0. The van der Waals surface area contributed by atoms with Crippen molar-refractivity contribution in [2.24, 2.45) is 0 Å². The van der Waals surface area contributed by atoms with Crippen molar-refractivity contribution in [3.63, 3.8) is 0 Å². The zero-order valence-corrected chi connectivity index (χ0v) is 16.5. The summed E-state index contributed by atoms with van der Waals surface area (Å²) in [6, 6.07) is 2.83. The van der Waals surface area contributed by atoms with Crippen molar-refractivity contribution in [1.82, 2.24) is 25.0 Å². The monoisotopic (exact) mass is 357 g/mol. The number of carbonyl (C=O) groups excluding carboxylic acids is 1. The van der Waals surface area contributed by atoms with Crippen molar-refractivity contribution in [3.8, 4) is 0 Å². The Balaban J connectivity index is 1.58. The zero-order chi connectivity index (χ0) is 18.7. The molecule has 1 aliphatic rings. The molecule has 3 rings (SSSR count). The van der Waals surface area contributed by atoms with Crippen LogP contribution in [0.5, 0.6) is 0 Å². The Morgan fingerprint density at radius 2 is 2.19 bits per heavy atom. The topological polar surface area (TPSA) is 63.1 Å². The predicted octanol–water partition coefficient (Wildman–Crippen LogP) is 3.31. The van der Waals surface area contributed by atoms with Crippen LogP contribution in [0, 0.1) is 6.92 Å². The second kappa shape index (κ2) is 8.16. The van der Waals surface area contributed by atoms with Gasteiger partial charge in [0.1, 0.15) is 0 Å². The lowest BCUT2D eigenvalue weighted by Gasteiger charge is -2.33. The summed E-state index contributed by atoms with van der Waals surface area (Å²) in [5.74, 6) is -0.0408. The third kappa shape index (κ3) is 4.06. The maximum atomic E-state index is 12.6. The maximum absolute atomic E-state index is 12.6. The van der Waals surface area contributed by atoms with Crippen molar-refractivity contribution < 1.29 is 4.79 Å². The van der Waals surface area contributed by atoms with Gasteiger partial charge in [0.05, 0.1) is 17.5 Å². The molecule has 2 aromatic rings. The zero-order valence-electron chi connectivity index (χ0n) is 16.5. The van der Waals surface area contributed by atoms with Gasteiger partial charge in [0.15, 0.2) is 5.65 Å². The number of carbonyl (C=O) groups is 1. The highest BCUT2D eigenvalue weighted by Gasteiger charge is 2.18. The lowest BCUT2D eigenvalue weighted by molar-refractivity contribution is 0.0948. The molecular formula is C20H31N5O. The van der Waals surface area contributed by atoms with Gasteiger partial charge in [-0.05, 0) is 59.6 Å². The normalized spacial score (nSPS) is 18.6. The number of hydrogen-bond donors (Lipinski definition) is 1. The number of aryl methyl sites for hydroxylation is 1. The van der Waals surface area contributed by atoms with Gasteiger partial charge in [0, 0.05) is 30.6 Å². The van der Waals surface area contributed by atoms with E-state index in [-0.39, 0.29) is 11.9 Å². The van der Waals surface area contributed by atoms with E-state index in [2.05, 4.69) is 41.1 Å². The summed E-state index contributed by atoms with van der Waals surface area (Å²) in [5, 5.41) is 8.36. The first kappa shape index (κ1) is 18.8. The smallest absolute Gasteiger partial charge is 0.253 e. The number of nitrogens with one attached hydrogen (secondary N) is 1. The van der Waals surface area contributed by atoms with Crippen LogP contribution in [-0.4, -0.2) is 51.2 Å². The van der Waals surface area contributed by atoms with Crippen LogP contribution in [0.2, 0.25) is 0 Å². The molecule has 0 spiro atoms. The Morgan fingerprint density at radius 1 is 1.38 bits per heavy atom. The van der Waals surface area contributed by atoms with Crippen molar-refractivity contribution in [2.45, 2.75) is 65.5 Å². The van der Waals surface area contributed by atoms with Gasteiger partial charge in [0.25, 0.3) is 5.91 Å². The summed E-state index contributed by atoms with van der Waals surface area (Å²) in [6.45, 7) is 11.3. The quantitative estimate of drug-likeness (QED) is 0.806. The molecule has 1 saturated heterocycles. The molecule has 6 nitrogen and oxygen atoms in total. The van der Waals surface area contributed by atoms with Crippen LogP contribution in [0.25, 0.3) is 11.0 Å². The Hall–Kier alpha value is -1.95. The van der Waals surface area contributed by atoms with Crippen LogP contribution in [-0.2, 0) is 0 Å². The van der Waals surface area contributed by atoms with Gasteiger partial charge < -0.3 is 10.2 Å². The highest BCUT2D eigenvalue weighted by atomic mass is 16.1. The predicted molar refractivity (Wildman–Crippen MR) is 104 cm³/mol. The van der Waals surface area contributed by atoms with Crippen LogP contribution in [0.3, 0.4) is 0 Å². The standard InChI is InChI=1S/C20H31N5O/c1-14(2)25-19-17(13-22-25)12-18(16(4)23-19)20(26)21-9-7-11-24-10-6-5-8-15(24)3/h12-15H,5-11H2,1-4H3,(H,21,26). The Bertz CT molecular complexity index is 767. The minimum absolute atomic E-state index is 0.0408. The van der Waals surface area contributed by atoms with Gasteiger partial charge in [-0.2, -0.15) is 5.10 Å². The minimum Gasteiger partial charge on any atom is -0.352 e. The molecule has 0 radical (unpaired) electrons. The van der Waals surface area contributed by atoms with Gasteiger partial charge in [-0.15, -0.1) is 0 Å². The molecule has 0 saturated carbocycles. The number of fused-ring (bicyclic) bond motifs is 1. The Kier molecular flexibility index (Phi) is 5.91. The van der Waals surface area contributed by atoms with Gasteiger partial charge in [0.2, 0.25) is 0 Å². The molecule has 1 N–H and O–H groups in total. The molecule has 142 valence electrons. The van der Waals surface area contributed by atoms with E-state index in [1.165, 1.54) is 25.8 Å². The fraction of sp³-hybridized carbons (Fsp3) is 0.650. The molecule has 0 bridgehead atoms. The van der Waals surface area contributed by atoms with E-state index in [0.29, 0.717) is 18.2 Å². The summed E-state index contributed by atoms with van der Waals surface area (Å²) in [4.78, 5) is 19.7. The molecule has 1 unspecified atom stereocenters. The number of hydrogen-bond acceptors (Lipinski definition) is 4. The molecular weight excluding hydrogens is 326 g/mol. The Morgan fingerprint density at radius 3 is 2.92 bits per heavy atom. The summed E-state index contributed by atoms with van der Waals surface area (Å²) in [6.07, 6.45) is 6.70. The van der Waals surface area contributed by atoms with E-state index in [4.69, 9.17) is 0 Å². The lowest BCUT2D eigenvalue weighted by atomic mass is 10.0. The largest absolute Gasteiger partial charge is 0.352 e. The maximum Gasteiger partial charge on any atom is 0.253 e. The average molecular weight is 358 g/mol.